The number of hydrogen-bond acceptors (Lipinski definition) is 4. The predicted molar refractivity (Wildman–Crippen MR) is 68.0 cm³/mol. The number of fused-ring (bicyclic) bond motifs is 1. The Kier molecular flexibility index (Phi) is 4.27. The number of amidine groups is 1. The van der Waals surface area contributed by atoms with Crippen LogP contribution in [0.5, 0.6) is 0 Å². The van der Waals surface area contributed by atoms with Gasteiger partial charge >= 0.3 is 5.97 Å². The van der Waals surface area contributed by atoms with Crippen molar-refractivity contribution in [3.8, 4) is 0 Å². The van der Waals surface area contributed by atoms with Gasteiger partial charge in [0.2, 0.25) is 0 Å². The molecule has 2 aliphatic rings. The number of halogens is 1. The Morgan fingerprint density at radius 3 is 2.81 bits per heavy atom. The fourth-order valence-corrected chi connectivity index (χ4v) is 3.06. The highest BCUT2D eigenvalue weighted by Crippen LogP contribution is 2.39. The van der Waals surface area contributed by atoms with Crippen LogP contribution in [0, 0.1) is 5.92 Å². The first kappa shape index (κ1) is 13.4. The van der Waals surface area contributed by atoms with Gasteiger partial charge in [0.1, 0.15) is 4.91 Å². The number of allylic oxidation sites excluding steroid dienone is 1. The van der Waals surface area contributed by atoms with E-state index >= 15 is 0 Å². The van der Waals surface area contributed by atoms with Gasteiger partial charge in [-0.2, -0.15) is 0 Å². The van der Waals surface area contributed by atoms with Gasteiger partial charge in [0.05, 0.1) is 0 Å². The summed E-state index contributed by atoms with van der Waals surface area (Å²) in [6.07, 6.45) is 1.01. The van der Waals surface area contributed by atoms with Crippen molar-refractivity contribution < 1.29 is 9.90 Å². The summed E-state index contributed by atoms with van der Waals surface area (Å²) in [6.45, 7) is 5.76. The summed E-state index contributed by atoms with van der Waals surface area (Å²) < 4.78 is 0. The van der Waals surface area contributed by atoms with Crippen LogP contribution in [-0.4, -0.2) is 34.2 Å². The summed E-state index contributed by atoms with van der Waals surface area (Å²) in [6, 6.07) is 0. The fourth-order valence-electron chi connectivity index (χ4n) is 1.89. The highest BCUT2D eigenvalue weighted by Gasteiger charge is 2.35. The molecule has 16 heavy (non-hydrogen) atoms. The zero-order valence-corrected chi connectivity index (χ0v) is 10.9. The van der Waals surface area contributed by atoms with Crippen molar-refractivity contribution >= 4 is 35.3 Å². The molecule has 0 spiro atoms. The average Bonchev–Trinajstić information content (AvgIpc) is 2.56. The molecule has 0 bridgehead atoms. The van der Waals surface area contributed by atoms with E-state index in [0.29, 0.717) is 4.91 Å². The minimum Gasteiger partial charge on any atom is -0.477 e. The third-order valence-corrected chi connectivity index (χ3v) is 3.60. The van der Waals surface area contributed by atoms with Crippen molar-refractivity contribution in [3.63, 3.8) is 0 Å². The van der Waals surface area contributed by atoms with Crippen molar-refractivity contribution in [1.29, 1.82) is 0 Å². The van der Waals surface area contributed by atoms with Crippen LogP contribution >= 0.6 is 24.2 Å². The first-order valence-corrected chi connectivity index (χ1v) is 5.90. The maximum absolute atomic E-state index is 11.1. The predicted octanol–water partition coefficient (Wildman–Crippen LogP) is 2.17. The molecule has 0 radical (unpaired) electrons. The normalized spacial score (nSPS) is 19.4. The number of nitrogens with zero attached hydrogens (tertiary/aromatic N) is 2. The minimum atomic E-state index is -0.833. The molecule has 0 unspecified atom stereocenters. The van der Waals surface area contributed by atoms with Gasteiger partial charge in [0.25, 0.3) is 0 Å². The first-order valence-electron chi connectivity index (χ1n) is 5.08. The quantitative estimate of drug-likeness (QED) is 0.829. The van der Waals surface area contributed by atoms with E-state index in [0.717, 1.165) is 30.4 Å². The van der Waals surface area contributed by atoms with E-state index in [2.05, 4.69) is 9.89 Å². The van der Waals surface area contributed by atoms with Crippen LogP contribution in [0.15, 0.2) is 15.6 Å². The molecule has 2 rings (SSSR count). The average molecular weight is 263 g/mol. The second-order valence-electron chi connectivity index (χ2n) is 3.95. The van der Waals surface area contributed by atoms with Gasteiger partial charge in [0.15, 0.2) is 5.17 Å². The van der Waals surface area contributed by atoms with Crippen molar-refractivity contribution in [2.75, 3.05) is 13.1 Å². The summed E-state index contributed by atoms with van der Waals surface area (Å²) in [5.41, 5.74) is 0.922. The largest absolute Gasteiger partial charge is 0.477 e. The second kappa shape index (κ2) is 5.10. The van der Waals surface area contributed by atoms with Gasteiger partial charge in [-0.3, -0.25) is 4.99 Å². The topological polar surface area (TPSA) is 52.9 Å². The highest BCUT2D eigenvalue weighted by molar-refractivity contribution is 8.18. The molecule has 0 atom stereocenters. The smallest absolute Gasteiger partial charge is 0.344 e. The molecule has 1 N–H and O–H groups in total. The molecule has 0 aliphatic carbocycles. The lowest BCUT2D eigenvalue weighted by molar-refractivity contribution is -0.131. The molecular weight excluding hydrogens is 248 g/mol. The van der Waals surface area contributed by atoms with E-state index in [4.69, 9.17) is 5.11 Å². The Balaban J connectivity index is 0.00000128. The summed E-state index contributed by atoms with van der Waals surface area (Å²) >= 11 is 1.30. The number of carboxylic acid groups (broad SMARTS) is 1. The zero-order valence-electron chi connectivity index (χ0n) is 9.27. The van der Waals surface area contributed by atoms with Gasteiger partial charge in [-0.1, -0.05) is 13.8 Å². The maximum Gasteiger partial charge on any atom is 0.344 e. The van der Waals surface area contributed by atoms with Gasteiger partial charge in [-0.25, -0.2) is 4.79 Å². The highest BCUT2D eigenvalue weighted by atomic mass is 35.5. The molecule has 0 aromatic heterocycles. The first-order chi connectivity index (χ1) is 7.11. The molecule has 2 aliphatic heterocycles. The lowest BCUT2D eigenvalue weighted by Gasteiger charge is -2.27. The van der Waals surface area contributed by atoms with Crippen molar-refractivity contribution in [2.24, 2.45) is 10.9 Å². The number of aliphatic imine (C=N–C) groups is 1. The van der Waals surface area contributed by atoms with Crippen LogP contribution in [0.4, 0.5) is 0 Å². The van der Waals surface area contributed by atoms with E-state index in [9.17, 15) is 4.79 Å². The molecule has 2 heterocycles. The monoisotopic (exact) mass is 262 g/mol. The van der Waals surface area contributed by atoms with E-state index in [1.54, 1.807) is 0 Å². The summed E-state index contributed by atoms with van der Waals surface area (Å²) in [5, 5.41) is 9.98. The van der Waals surface area contributed by atoms with E-state index in [-0.39, 0.29) is 18.3 Å². The number of carbonyl (C=O) groups is 1. The Morgan fingerprint density at radius 1 is 1.56 bits per heavy atom. The van der Waals surface area contributed by atoms with E-state index < -0.39 is 5.97 Å². The third-order valence-electron chi connectivity index (χ3n) is 2.48. The Labute approximate surface area is 105 Å². The van der Waals surface area contributed by atoms with Crippen LogP contribution < -0.4 is 0 Å². The molecule has 90 valence electrons. The van der Waals surface area contributed by atoms with Crippen LogP contribution in [0.2, 0.25) is 0 Å². The molecule has 0 aromatic rings. The lowest BCUT2D eigenvalue weighted by Crippen LogP contribution is -2.31. The lowest BCUT2D eigenvalue weighted by atomic mass is 10.1. The Bertz CT molecular complexity index is 366. The number of thioether (sulfide) groups is 1. The third kappa shape index (κ3) is 2.20. The SMILES string of the molecule is CC(C)C1=C(C(=O)O)SC2=NCCCN21.Cl. The van der Waals surface area contributed by atoms with Gasteiger partial charge in [0, 0.05) is 18.8 Å². The Morgan fingerprint density at radius 2 is 2.25 bits per heavy atom. The van der Waals surface area contributed by atoms with Crippen molar-refractivity contribution in [1.82, 2.24) is 4.90 Å². The van der Waals surface area contributed by atoms with Gasteiger partial charge < -0.3 is 10.0 Å². The molecule has 0 fully saturated rings. The number of hydrogen-bond donors (Lipinski definition) is 1. The van der Waals surface area contributed by atoms with E-state index in [1.807, 2.05) is 13.8 Å². The molecular formula is C10H15ClN2O2S. The molecule has 0 amide bonds. The van der Waals surface area contributed by atoms with Crippen LogP contribution in [-0.2, 0) is 4.79 Å². The van der Waals surface area contributed by atoms with Gasteiger partial charge in [-0.05, 0) is 24.1 Å². The molecule has 4 nitrogen and oxygen atoms in total. The second-order valence-corrected chi connectivity index (χ2v) is 4.92. The van der Waals surface area contributed by atoms with Crippen LogP contribution in [0.25, 0.3) is 0 Å². The number of rotatable bonds is 2. The van der Waals surface area contributed by atoms with Crippen molar-refractivity contribution in [3.05, 3.63) is 10.6 Å². The summed E-state index contributed by atoms with van der Waals surface area (Å²) in [7, 11) is 0. The van der Waals surface area contributed by atoms with E-state index in [1.165, 1.54) is 11.8 Å². The Hall–Kier alpha value is -0.680. The maximum atomic E-state index is 11.1. The van der Waals surface area contributed by atoms with Crippen LogP contribution in [0.3, 0.4) is 0 Å². The number of aliphatic carboxylic acids is 1. The number of carboxylic acids is 1. The standard InChI is InChI=1S/C10H14N2O2S.ClH/c1-6(2)7-8(9(13)14)15-10-11-4-3-5-12(7)10;/h6H,3-5H2,1-2H3,(H,13,14);1H. The van der Waals surface area contributed by atoms with Gasteiger partial charge in [-0.15, -0.1) is 12.4 Å². The minimum absolute atomic E-state index is 0. The zero-order chi connectivity index (χ0) is 11.0. The summed E-state index contributed by atoms with van der Waals surface area (Å²) in [5.74, 6) is -0.602. The van der Waals surface area contributed by atoms with Crippen molar-refractivity contribution in [2.45, 2.75) is 20.3 Å². The molecule has 0 saturated carbocycles. The fraction of sp³-hybridized carbons (Fsp3) is 0.600. The molecule has 0 aromatic carbocycles. The summed E-state index contributed by atoms with van der Waals surface area (Å²) in [4.78, 5) is 18.0. The van der Waals surface area contributed by atoms with Crippen LogP contribution in [0.1, 0.15) is 20.3 Å². The molecule has 0 saturated heterocycles. The molecule has 6 heteroatoms.